The molecule has 100 valence electrons. The SMILES string of the molecule is NCCCCCNS(=O)c1cccc([N+](=O)[O-])c1. The average molecular weight is 271 g/mol. The normalized spacial score (nSPS) is 12.3. The first kappa shape index (κ1) is 14.7. The molecular weight excluding hydrogens is 254 g/mol. The molecule has 3 N–H and O–H groups in total. The van der Waals surface area contributed by atoms with Crippen molar-refractivity contribution >= 4 is 16.7 Å². The van der Waals surface area contributed by atoms with E-state index in [1.54, 1.807) is 6.07 Å². The average Bonchev–Trinajstić information content (AvgIpc) is 2.38. The van der Waals surface area contributed by atoms with Gasteiger partial charge in [0.25, 0.3) is 5.69 Å². The number of hydrogen-bond donors (Lipinski definition) is 2. The molecule has 0 saturated carbocycles. The van der Waals surface area contributed by atoms with Gasteiger partial charge in [-0.2, -0.15) is 0 Å². The van der Waals surface area contributed by atoms with E-state index in [0.717, 1.165) is 19.3 Å². The number of nitro groups is 1. The second-order valence-corrected chi connectivity index (χ2v) is 5.06. The molecule has 0 saturated heterocycles. The summed E-state index contributed by atoms with van der Waals surface area (Å²) in [6.45, 7) is 1.27. The number of nitro benzene ring substituents is 1. The van der Waals surface area contributed by atoms with Crippen LogP contribution in [0.1, 0.15) is 19.3 Å². The van der Waals surface area contributed by atoms with Crippen LogP contribution in [0.5, 0.6) is 0 Å². The standard InChI is InChI=1S/C11H17N3O3S/c12-7-2-1-3-8-13-18(17)11-6-4-5-10(9-11)14(15)16/h4-6,9,13H,1-3,7-8,12H2. The van der Waals surface area contributed by atoms with Crippen molar-refractivity contribution in [3.63, 3.8) is 0 Å². The molecule has 0 fully saturated rings. The van der Waals surface area contributed by atoms with Crippen LogP contribution in [0.4, 0.5) is 5.69 Å². The van der Waals surface area contributed by atoms with Crippen molar-refractivity contribution in [2.45, 2.75) is 24.2 Å². The number of non-ortho nitro benzene ring substituents is 1. The van der Waals surface area contributed by atoms with E-state index in [4.69, 9.17) is 5.73 Å². The van der Waals surface area contributed by atoms with Gasteiger partial charge in [-0.1, -0.05) is 12.5 Å². The minimum atomic E-state index is -1.40. The second kappa shape index (κ2) is 7.91. The highest BCUT2D eigenvalue weighted by Crippen LogP contribution is 2.15. The fourth-order valence-electron chi connectivity index (χ4n) is 1.41. The van der Waals surface area contributed by atoms with Crippen LogP contribution in [0.15, 0.2) is 29.2 Å². The summed E-state index contributed by atoms with van der Waals surface area (Å²) in [5.74, 6) is 0. The number of nitrogens with zero attached hydrogens (tertiary/aromatic N) is 1. The van der Waals surface area contributed by atoms with Crippen molar-refractivity contribution in [2.24, 2.45) is 5.73 Å². The van der Waals surface area contributed by atoms with Crippen molar-refractivity contribution < 1.29 is 9.13 Å². The van der Waals surface area contributed by atoms with Gasteiger partial charge in [-0.3, -0.25) is 10.1 Å². The van der Waals surface area contributed by atoms with Crippen molar-refractivity contribution in [3.05, 3.63) is 34.4 Å². The Bertz CT molecular complexity index is 426. The number of benzene rings is 1. The second-order valence-electron chi connectivity index (χ2n) is 3.77. The molecule has 0 bridgehead atoms. The third-order valence-corrected chi connectivity index (χ3v) is 3.50. The highest BCUT2D eigenvalue weighted by Gasteiger charge is 2.09. The van der Waals surface area contributed by atoms with Gasteiger partial charge in [0.1, 0.15) is 11.0 Å². The maximum absolute atomic E-state index is 11.8. The predicted octanol–water partition coefficient (Wildman–Crippen LogP) is 1.34. The Balaban J connectivity index is 2.46. The van der Waals surface area contributed by atoms with Crippen molar-refractivity contribution in [1.82, 2.24) is 4.72 Å². The number of hydrogen-bond acceptors (Lipinski definition) is 4. The Hall–Kier alpha value is -1.31. The molecule has 0 aliphatic heterocycles. The van der Waals surface area contributed by atoms with Gasteiger partial charge in [-0.05, 0) is 25.5 Å². The summed E-state index contributed by atoms with van der Waals surface area (Å²) < 4.78 is 14.6. The third kappa shape index (κ3) is 4.91. The van der Waals surface area contributed by atoms with Crippen LogP contribution in [0.2, 0.25) is 0 Å². The first-order valence-corrected chi connectivity index (χ1v) is 6.90. The van der Waals surface area contributed by atoms with Gasteiger partial charge in [0, 0.05) is 18.7 Å². The Kier molecular flexibility index (Phi) is 6.48. The van der Waals surface area contributed by atoms with Gasteiger partial charge in [-0.15, -0.1) is 0 Å². The van der Waals surface area contributed by atoms with Crippen LogP contribution in [0, 0.1) is 10.1 Å². The fraction of sp³-hybridized carbons (Fsp3) is 0.455. The van der Waals surface area contributed by atoms with Gasteiger partial charge < -0.3 is 5.73 Å². The topological polar surface area (TPSA) is 98.3 Å². The highest BCUT2D eigenvalue weighted by molar-refractivity contribution is 7.83. The van der Waals surface area contributed by atoms with Gasteiger partial charge in [0.2, 0.25) is 0 Å². The summed E-state index contributed by atoms with van der Waals surface area (Å²) in [4.78, 5) is 10.5. The largest absolute Gasteiger partial charge is 0.330 e. The summed E-state index contributed by atoms with van der Waals surface area (Å²) in [7, 11) is -1.40. The summed E-state index contributed by atoms with van der Waals surface area (Å²) in [6.07, 6.45) is 2.82. The van der Waals surface area contributed by atoms with E-state index >= 15 is 0 Å². The Morgan fingerprint density at radius 1 is 1.33 bits per heavy atom. The minimum absolute atomic E-state index is 0.0502. The molecule has 0 heterocycles. The summed E-state index contributed by atoms with van der Waals surface area (Å²) in [5.41, 5.74) is 5.31. The molecule has 18 heavy (non-hydrogen) atoms. The lowest BCUT2D eigenvalue weighted by Gasteiger charge is -2.04. The molecular formula is C11H17N3O3S. The fourth-order valence-corrected chi connectivity index (χ4v) is 2.33. The lowest BCUT2D eigenvalue weighted by Crippen LogP contribution is -2.18. The van der Waals surface area contributed by atoms with Crippen LogP contribution in [-0.2, 0) is 11.0 Å². The van der Waals surface area contributed by atoms with Crippen LogP contribution >= 0.6 is 0 Å². The molecule has 1 aromatic rings. The Morgan fingerprint density at radius 3 is 2.78 bits per heavy atom. The molecule has 0 spiro atoms. The molecule has 0 aliphatic rings. The van der Waals surface area contributed by atoms with Gasteiger partial charge >= 0.3 is 0 Å². The quantitative estimate of drug-likeness (QED) is 0.423. The first-order chi connectivity index (χ1) is 8.65. The maximum Gasteiger partial charge on any atom is 0.270 e. The third-order valence-electron chi connectivity index (χ3n) is 2.36. The molecule has 0 amide bonds. The van der Waals surface area contributed by atoms with E-state index in [1.165, 1.54) is 18.2 Å². The molecule has 1 aromatic carbocycles. The minimum Gasteiger partial charge on any atom is -0.330 e. The van der Waals surface area contributed by atoms with Crippen molar-refractivity contribution in [2.75, 3.05) is 13.1 Å². The lowest BCUT2D eigenvalue weighted by molar-refractivity contribution is -0.385. The van der Waals surface area contributed by atoms with E-state index in [9.17, 15) is 14.3 Å². The maximum atomic E-state index is 11.8. The van der Waals surface area contributed by atoms with E-state index in [-0.39, 0.29) is 5.69 Å². The molecule has 7 heteroatoms. The molecule has 1 atom stereocenters. The number of nitrogens with one attached hydrogen (secondary N) is 1. The molecule has 1 rings (SSSR count). The molecule has 1 unspecified atom stereocenters. The summed E-state index contributed by atoms with van der Waals surface area (Å²) in [6, 6.07) is 5.84. The zero-order valence-electron chi connectivity index (χ0n) is 10.0. The smallest absolute Gasteiger partial charge is 0.270 e. The number of rotatable bonds is 8. The van der Waals surface area contributed by atoms with Gasteiger partial charge in [0.15, 0.2) is 0 Å². The molecule has 0 aromatic heterocycles. The van der Waals surface area contributed by atoms with Crippen molar-refractivity contribution in [3.8, 4) is 0 Å². The van der Waals surface area contributed by atoms with Crippen LogP contribution in [0.3, 0.4) is 0 Å². The van der Waals surface area contributed by atoms with E-state index in [1.807, 2.05) is 0 Å². The monoisotopic (exact) mass is 271 g/mol. The van der Waals surface area contributed by atoms with Crippen LogP contribution < -0.4 is 10.5 Å². The number of nitrogens with two attached hydrogens (primary N) is 1. The van der Waals surface area contributed by atoms with Crippen LogP contribution in [0.25, 0.3) is 0 Å². The summed E-state index contributed by atoms with van der Waals surface area (Å²) in [5, 5.41) is 10.6. The predicted molar refractivity (Wildman–Crippen MR) is 70.4 cm³/mol. The van der Waals surface area contributed by atoms with Crippen molar-refractivity contribution in [1.29, 1.82) is 0 Å². The highest BCUT2D eigenvalue weighted by atomic mass is 32.2. The molecule has 0 radical (unpaired) electrons. The molecule has 0 aliphatic carbocycles. The first-order valence-electron chi connectivity index (χ1n) is 5.75. The van der Waals surface area contributed by atoms with Gasteiger partial charge in [0.05, 0.1) is 9.82 Å². The van der Waals surface area contributed by atoms with Crippen LogP contribution in [-0.4, -0.2) is 22.2 Å². The lowest BCUT2D eigenvalue weighted by atomic mass is 10.2. The summed E-state index contributed by atoms with van der Waals surface area (Å²) >= 11 is 0. The zero-order valence-corrected chi connectivity index (χ0v) is 10.8. The van der Waals surface area contributed by atoms with Gasteiger partial charge in [-0.25, -0.2) is 8.93 Å². The van der Waals surface area contributed by atoms with E-state index < -0.39 is 15.9 Å². The zero-order chi connectivity index (χ0) is 13.4. The number of unbranched alkanes of at least 4 members (excludes halogenated alkanes) is 2. The Morgan fingerprint density at radius 2 is 2.11 bits per heavy atom. The van der Waals surface area contributed by atoms with E-state index in [0.29, 0.717) is 18.0 Å². The molecule has 6 nitrogen and oxygen atoms in total. The van der Waals surface area contributed by atoms with E-state index in [2.05, 4.69) is 4.72 Å². The Labute approximate surface area is 108 Å².